The van der Waals surface area contributed by atoms with Gasteiger partial charge in [-0.2, -0.15) is 0 Å². The number of ether oxygens (including phenoxy) is 3. The summed E-state index contributed by atoms with van der Waals surface area (Å²) in [5.41, 5.74) is 0. The van der Waals surface area contributed by atoms with E-state index in [9.17, 15) is 14.4 Å². The summed E-state index contributed by atoms with van der Waals surface area (Å²) >= 11 is 0. The molecule has 0 aliphatic rings. The van der Waals surface area contributed by atoms with Crippen molar-refractivity contribution in [3.63, 3.8) is 0 Å². The van der Waals surface area contributed by atoms with Crippen molar-refractivity contribution in [2.45, 2.75) is 322 Å². The number of hydrogen-bond acceptors (Lipinski definition) is 6. The van der Waals surface area contributed by atoms with E-state index >= 15 is 0 Å². The van der Waals surface area contributed by atoms with Gasteiger partial charge in [0, 0.05) is 19.3 Å². The predicted molar refractivity (Wildman–Crippen MR) is 334 cm³/mol. The normalized spacial score (nSPS) is 12.7. The molecule has 0 heterocycles. The SMILES string of the molecule is CC/C=C\C/C=C\C/C=C\C/C=C\C/C=C\C/C=C\C/C=C\CCCCCCCC(=O)OCC(COC(=O)CCCCCCCCCCCCCCC)OC(=O)CCCCCCCCCCC/C=C\CCCCCCCC. The molecule has 0 bridgehead atoms. The quantitative estimate of drug-likeness (QED) is 0.0261. The highest BCUT2D eigenvalue weighted by molar-refractivity contribution is 5.71. The van der Waals surface area contributed by atoms with Crippen LogP contribution in [-0.2, 0) is 28.6 Å². The lowest BCUT2D eigenvalue weighted by Gasteiger charge is -2.18. The van der Waals surface area contributed by atoms with Gasteiger partial charge < -0.3 is 14.2 Å². The first kappa shape index (κ1) is 73.3. The van der Waals surface area contributed by atoms with E-state index < -0.39 is 6.10 Å². The topological polar surface area (TPSA) is 78.9 Å². The Hall–Kier alpha value is -3.67. The lowest BCUT2D eigenvalue weighted by molar-refractivity contribution is -0.167. The van der Waals surface area contributed by atoms with Gasteiger partial charge in [-0.05, 0) is 103 Å². The first-order valence-electron chi connectivity index (χ1n) is 32.7. The zero-order valence-electron chi connectivity index (χ0n) is 50.7. The number of unbranched alkanes of at least 4 members (excludes halogenated alkanes) is 32. The fourth-order valence-electron chi connectivity index (χ4n) is 9.18. The third kappa shape index (κ3) is 63.0. The zero-order chi connectivity index (χ0) is 55.7. The van der Waals surface area contributed by atoms with E-state index in [-0.39, 0.29) is 31.1 Å². The van der Waals surface area contributed by atoms with Crippen LogP contribution in [0.3, 0.4) is 0 Å². The highest BCUT2D eigenvalue weighted by Crippen LogP contribution is 2.16. The van der Waals surface area contributed by atoms with Crippen molar-refractivity contribution in [2.75, 3.05) is 13.2 Å². The Labute approximate surface area is 477 Å². The van der Waals surface area contributed by atoms with Crippen molar-refractivity contribution in [2.24, 2.45) is 0 Å². The maximum Gasteiger partial charge on any atom is 0.306 e. The number of carbonyl (C=O) groups is 3. The molecule has 442 valence electrons. The maximum atomic E-state index is 12.9. The minimum Gasteiger partial charge on any atom is -0.462 e. The molecule has 0 fully saturated rings. The predicted octanol–water partition coefficient (Wildman–Crippen LogP) is 22.4. The first-order chi connectivity index (χ1) is 38.0. The maximum absolute atomic E-state index is 12.9. The van der Waals surface area contributed by atoms with E-state index in [0.29, 0.717) is 19.3 Å². The van der Waals surface area contributed by atoms with Gasteiger partial charge in [-0.25, -0.2) is 0 Å². The molecule has 0 aliphatic carbocycles. The first-order valence-corrected chi connectivity index (χ1v) is 32.7. The third-order valence-electron chi connectivity index (χ3n) is 14.1. The molecule has 0 amide bonds. The molecule has 0 saturated heterocycles. The Kier molecular flexibility index (Phi) is 61.8. The number of esters is 3. The van der Waals surface area contributed by atoms with E-state index in [1.165, 1.54) is 154 Å². The van der Waals surface area contributed by atoms with Crippen LogP contribution in [0.1, 0.15) is 316 Å². The fraction of sp³-hybridized carbons (Fsp3) is 0.732. The van der Waals surface area contributed by atoms with Gasteiger partial charge in [-0.15, -0.1) is 0 Å². The highest BCUT2D eigenvalue weighted by Gasteiger charge is 2.19. The monoisotopic (exact) mass is 1070 g/mol. The average Bonchev–Trinajstić information content (AvgIpc) is 3.43. The largest absolute Gasteiger partial charge is 0.462 e. The van der Waals surface area contributed by atoms with Crippen molar-refractivity contribution in [3.8, 4) is 0 Å². The molecular formula is C71H122O6. The van der Waals surface area contributed by atoms with Gasteiger partial charge in [0.2, 0.25) is 0 Å². The van der Waals surface area contributed by atoms with Crippen molar-refractivity contribution in [3.05, 3.63) is 97.2 Å². The molecule has 0 saturated carbocycles. The molecule has 0 spiro atoms. The van der Waals surface area contributed by atoms with E-state index in [2.05, 4.69) is 118 Å². The van der Waals surface area contributed by atoms with Crippen molar-refractivity contribution in [1.82, 2.24) is 0 Å². The molecule has 0 aromatic rings. The van der Waals surface area contributed by atoms with E-state index in [1.54, 1.807) is 0 Å². The Morgan fingerprint density at radius 3 is 0.805 bits per heavy atom. The van der Waals surface area contributed by atoms with Gasteiger partial charge in [0.1, 0.15) is 13.2 Å². The summed E-state index contributed by atoms with van der Waals surface area (Å²) in [7, 11) is 0. The minimum atomic E-state index is -0.787. The summed E-state index contributed by atoms with van der Waals surface area (Å²) < 4.78 is 16.9. The van der Waals surface area contributed by atoms with Gasteiger partial charge in [-0.1, -0.05) is 291 Å². The number of allylic oxidation sites excluding steroid dienone is 16. The summed E-state index contributed by atoms with van der Waals surface area (Å²) in [6.45, 7) is 6.53. The van der Waals surface area contributed by atoms with Crippen molar-refractivity contribution in [1.29, 1.82) is 0 Å². The Balaban J connectivity index is 4.36. The molecule has 0 radical (unpaired) electrons. The summed E-state index contributed by atoms with van der Waals surface area (Å²) in [6, 6.07) is 0. The molecular weight excluding hydrogens is 949 g/mol. The summed E-state index contributed by atoms with van der Waals surface area (Å²) in [6.07, 6.45) is 86.9. The number of carbonyl (C=O) groups excluding carboxylic acids is 3. The van der Waals surface area contributed by atoms with Crippen LogP contribution in [0.25, 0.3) is 0 Å². The number of rotatable bonds is 59. The molecule has 0 aromatic heterocycles. The van der Waals surface area contributed by atoms with E-state index in [1.807, 2.05) is 0 Å². The molecule has 0 rings (SSSR count). The average molecular weight is 1070 g/mol. The van der Waals surface area contributed by atoms with Crippen molar-refractivity contribution < 1.29 is 28.6 Å². The Bertz CT molecular complexity index is 1510. The van der Waals surface area contributed by atoms with Crippen LogP contribution >= 0.6 is 0 Å². The molecule has 0 aromatic carbocycles. The van der Waals surface area contributed by atoms with Crippen molar-refractivity contribution >= 4 is 17.9 Å². The van der Waals surface area contributed by atoms with Gasteiger partial charge >= 0.3 is 17.9 Å². The van der Waals surface area contributed by atoms with Gasteiger partial charge in [0.15, 0.2) is 6.10 Å². The molecule has 0 N–H and O–H groups in total. The summed E-state index contributed by atoms with van der Waals surface area (Å²) in [4.78, 5) is 38.3. The van der Waals surface area contributed by atoms with Crippen LogP contribution in [0, 0.1) is 0 Å². The van der Waals surface area contributed by atoms with E-state index in [4.69, 9.17) is 14.2 Å². The third-order valence-corrected chi connectivity index (χ3v) is 14.1. The molecule has 6 nitrogen and oxygen atoms in total. The van der Waals surface area contributed by atoms with E-state index in [0.717, 1.165) is 122 Å². The minimum absolute atomic E-state index is 0.0817. The second kappa shape index (κ2) is 64.9. The van der Waals surface area contributed by atoms with Crippen LogP contribution in [0.15, 0.2) is 97.2 Å². The lowest BCUT2D eigenvalue weighted by atomic mass is 10.0. The smallest absolute Gasteiger partial charge is 0.306 e. The molecule has 1 unspecified atom stereocenters. The molecule has 0 aliphatic heterocycles. The molecule has 6 heteroatoms. The van der Waals surface area contributed by atoms with Gasteiger partial charge in [-0.3, -0.25) is 14.4 Å². The second-order valence-corrected chi connectivity index (χ2v) is 21.6. The zero-order valence-corrected chi connectivity index (χ0v) is 50.7. The van der Waals surface area contributed by atoms with Crippen LogP contribution in [0.5, 0.6) is 0 Å². The Morgan fingerprint density at radius 2 is 0.506 bits per heavy atom. The molecule has 77 heavy (non-hydrogen) atoms. The van der Waals surface area contributed by atoms with Gasteiger partial charge in [0.05, 0.1) is 0 Å². The van der Waals surface area contributed by atoms with Crippen LogP contribution in [0.2, 0.25) is 0 Å². The highest BCUT2D eigenvalue weighted by atomic mass is 16.6. The van der Waals surface area contributed by atoms with Crippen LogP contribution in [0.4, 0.5) is 0 Å². The summed E-state index contributed by atoms with van der Waals surface area (Å²) in [5, 5.41) is 0. The second-order valence-electron chi connectivity index (χ2n) is 21.6. The number of hydrogen-bond donors (Lipinski definition) is 0. The van der Waals surface area contributed by atoms with Crippen LogP contribution in [-0.4, -0.2) is 37.2 Å². The van der Waals surface area contributed by atoms with Crippen LogP contribution < -0.4 is 0 Å². The molecule has 1 atom stereocenters. The summed E-state index contributed by atoms with van der Waals surface area (Å²) in [5.74, 6) is -0.892. The Morgan fingerprint density at radius 1 is 0.273 bits per heavy atom. The fourth-order valence-corrected chi connectivity index (χ4v) is 9.18. The lowest BCUT2D eigenvalue weighted by Crippen LogP contribution is -2.30. The standard InChI is InChI=1S/C71H122O6/c1-4-7-10-13-16-19-22-25-27-29-31-32-33-34-35-36-37-38-40-41-43-46-49-52-55-58-61-64-70(73)76-67-68(66-75-69(72)63-60-57-54-51-48-45-24-21-18-15-12-9-6-3)77-71(74)65-62-59-56-53-50-47-44-42-39-30-28-26-23-20-17-14-11-8-5-2/h7,10,16,19,25-28,31-32,34-35,37-38,41,43,68H,4-6,8-9,11-15,17-18,20-24,29-30,33,36,39-40,42,44-67H2,1-3H3/b10-7-,19-16-,27-25-,28-26-,32-31-,35-34-,38-37-,43-41-. The van der Waals surface area contributed by atoms with Gasteiger partial charge in [0.25, 0.3) is 0 Å².